The molecule has 40 heavy (non-hydrogen) atoms. The SMILES string of the molecule is C=C/C=C(\c1cc(-c2n[nH]c3ccc(-c4cncc(NC(=C)CC(C)C)c4)nc23)[nH]c1C)n1cnc(C)c1.CC. The Kier molecular flexibility index (Phi) is 8.79. The highest BCUT2D eigenvalue weighted by atomic mass is 15.1. The number of imidazole rings is 1. The number of allylic oxidation sites excluding steroid dienone is 3. The van der Waals surface area contributed by atoms with Gasteiger partial charge in [0.2, 0.25) is 0 Å². The van der Waals surface area contributed by atoms with E-state index in [0.29, 0.717) is 5.92 Å². The lowest BCUT2D eigenvalue weighted by atomic mass is 10.1. The van der Waals surface area contributed by atoms with Gasteiger partial charge in [0.05, 0.1) is 46.5 Å². The molecule has 0 atom stereocenters. The number of nitrogens with one attached hydrogen (secondary N) is 3. The van der Waals surface area contributed by atoms with Crippen LogP contribution in [0.25, 0.3) is 39.4 Å². The van der Waals surface area contributed by atoms with Gasteiger partial charge in [0.25, 0.3) is 0 Å². The maximum atomic E-state index is 4.98. The van der Waals surface area contributed by atoms with Crippen LogP contribution in [0.1, 0.15) is 51.1 Å². The van der Waals surface area contributed by atoms with Crippen LogP contribution in [-0.4, -0.2) is 34.7 Å². The lowest BCUT2D eigenvalue weighted by Gasteiger charge is -2.12. The Morgan fingerprint density at radius 3 is 2.65 bits per heavy atom. The van der Waals surface area contributed by atoms with Crippen LogP contribution in [0, 0.1) is 19.8 Å². The lowest BCUT2D eigenvalue weighted by Crippen LogP contribution is -2.02. The van der Waals surface area contributed by atoms with E-state index in [9.17, 15) is 0 Å². The molecule has 0 aliphatic rings. The van der Waals surface area contributed by atoms with Crippen LogP contribution in [0.4, 0.5) is 5.69 Å². The minimum atomic E-state index is 0.527. The van der Waals surface area contributed by atoms with Crippen molar-refractivity contribution in [1.82, 2.24) is 34.7 Å². The predicted molar refractivity (Wildman–Crippen MR) is 166 cm³/mol. The van der Waals surface area contributed by atoms with Gasteiger partial charge in [-0.3, -0.25) is 10.1 Å². The number of aryl methyl sites for hydroxylation is 2. The van der Waals surface area contributed by atoms with Gasteiger partial charge >= 0.3 is 0 Å². The highest BCUT2D eigenvalue weighted by Crippen LogP contribution is 2.31. The van der Waals surface area contributed by atoms with Crippen molar-refractivity contribution < 1.29 is 0 Å². The van der Waals surface area contributed by atoms with E-state index >= 15 is 0 Å². The van der Waals surface area contributed by atoms with Gasteiger partial charge in [-0.2, -0.15) is 5.10 Å². The van der Waals surface area contributed by atoms with Crippen LogP contribution in [0.2, 0.25) is 0 Å². The van der Waals surface area contributed by atoms with Crippen LogP contribution in [-0.2, 0) is 0 Å². The number of hydrogen-bond donors (Lipinski definition) is 3. The number of rotatable bonds is 9. The average molecular weight is 535 g/mol. The third-order valence-electron chi connectivity index (χ3n) is 6.23. The minimum absolute atomic E-state index is 0.527. The number of nitrogens with zero attached hydrogens (tertiary/aromatic N) is 5. The zero-order valence-corrected chi connectivity index (χ0v) is 24.2. The summed E-state index contributed by atoms with van der Waals surface area (Å²) >= 11 is 0. The number of fused-ring (bicyclic) bond motifs is 1. The van der Waals surface area contributed by atoms with Gasteiger partial charge < -0.3 is 14.9 Å². The fraction of sp³-hybridized carbons (Fsp3) is 0.250. The molecule has 0 bridgehead atoms. The molecule has 8 heteroatoms. The Hall–Kier alpha value is -4.72. The molecular formula is C32H38N8. The highest BCUT2D eigenvalue weighted by molar-refractivity contribution is 5.91. The number of anilines is 1. The number of pyridine rings is 2. The Morgan fingerprint density at radius 1 is 1.15 bits per heavy atom. The van der Waals surface area contributed by atoms with Crippen molar-refractivity contribution in [3.05, 3.63) is 97.1 Å². The molecular weight excluding hydrogens is 496 g/mol. The van der Waals surface area contributed by atoms with Crippen LogP contribution >= 0.6 is 0 Å². The monoisotopic (exact) mass is 534 g/mol. The molecule has 0 saturated heterocycles. The second kappa shape index (κ2) is 12.4. The van der Waals surface area contributed by atoms with Crippen molar-refractivity contribution in [1.29, 1.82) is 0 Å². The maximum Gasteiger partial charge on any atom is 0.135 e. The minimum Gasteiger partial charge on any atom is -0.358 e. The molecule has 0 aromatic carbocycles. The van der Waals surface area contributed by atoms with Crippen molar-refractivity contribution in [3.63, 3.8) is 0 Å². The molecule has 3 N–H and O–H groups in total. The van der Waals surface area contributed by atoms with Crippen LogP contribution in [0.5, 0.6) is 0 Å². The maximum absolute atomic E-state index is 4.98. The molecule has 0 spiro atoms. The molecule has 0 aliphatic carbocycles. The van der Waals surface area contributed by atoms with Gasteiger partial charge in [-0.15, -0.1) is 0 Å². The summed E-state index contributed by atoms with van der Waals surface area (Å²) in [5, 5.41) is 11.1. The van der Waals surface area contributed by atoms with Gasteiger partial charge in [0.15, 0.2) is 0 Å². The van der Waals surface area contributed by atoms with E-state index in [-0.39, 0.29) is 0 Å². The van der Waals surface area contributed by atoms with E-state index in [4.69, 9.17) is 4.98 Å². The van der Waals surface area contributed by atoms with Crippen LogP contribution < -0.4 is 5.32 Å². The summed E-state index contributed by atoms with van der Waals surface area (Å²) < 4.78 is 2.00. The third kappa shape index (κ3) is 6.12. The summed E-state index contributed by atoms with van der Waals surface area (Å²) in [6.45, 7) is 20.4. The number of aromatic amines is 2. The summed E-state index contributed by atoms with van der Waals surface area (Å²) in [5.74, 6) is 0.527. The van der Waals surface area contributed by atoms with Gasteiger partial charge in [-0.05, 0) is 56.5 Å². The first-order valence-electron chi connectivity index (χ1n) is 13.6. The molecule has 8 nitrogen and oxygen atoms in total. The van der Waals surface area contributed by atoms with Crippen LogP contribution in [0.15, 0.2) is 80.2 Å². The van der Waals surface area contributed by atoms with E-state index in [1.165, 1.54) is 0 Å². The Morgan fingerprint density at radius 2 is 1.95 bits per heavy atom. The average Bonchev–Trinajstić information content (AvgIpc) is 3.66. The second-order valence-electron chi connectivity index (χ2n) is 9.89. The lowest BCUT2D eigenvalue weighted by molar-refractivity contribution is 0.645. The van der Waals surface area contributed by atoms with Crippen molar-refractivity contribution >= 4 is 22.4 Å². The Balaban J connectivity index is 0.00000181. The van der Waals surface area contributed by atoms with E-state index in [2.05, 4.69) is 63.5 Å². The first-order chi connectivity index (χ1) is 19.3. The fourth-order valence-electron chi connectivity index (χ4n) is 4.57. The molecule has 0 amide bonds. The van der Waals surface area contributed by atoms with Crippen molar-refractivity contribution in [2.45, 2.75) is 48.0 Å². The number of hydrogen-bond acceptors (Lipinski definition) is 5. The molecule has 0 aliphatic heterocycles. The van der Waals surface area contributed by atoms with Crippen LogP contribution in [0.3, 0.4) is 0 Å². The standard InChI is InChI=1S/C30H32N8.C2H6/c1-7-8-28(38-16-20(5)32-17-38)24-13-27(34-21(24)6)30-29-26(36-37-30)10-9-25(35-29)22-12-23(15-31-14-22)33-19(4)11-18(2)3;1-2/h7-10,12-18,33-34H,1,4,11H2,2-3,5-6H3,(H,36,37);1-2H3/b28-8+;. The zero-order valence-electron chi connectivity index (χ0n) is 24.2. The molecule has 5 rings (SSSR count). The molecule has 0 fully saturated rings. The van der Waals surface area contributed by atoms with Gasteiger partial charge in [-0.25, -0.2) is 9.97 Å². The largest absolute Gasteiger partial charge is 0.358 e. The van der Waals surface area contributed by atoms with E-state index in [1.807, 2.05) is 75.3 Å². The quantitative estimate of drug-likeness (QED) is 0.167. The summed E-state index contributed by atoms with van der Waals surface area (Å²) in [5.41, 5.74) is 10.8. The molecule has 0 unspecified atom stereocenters. The topological polar surface area (TPSA) is 100 Å². The highest BCUT2D eigenvalue weighted by Gasteiger charge is 2.17. The molecule has 5 aromatic heterocycles. The van der Waals surface area contributed by atoms with Crippen molar-refractivity contribution in [2.75, 3.05) is 5.32 Å². The first-order valence-corrected chi connectivity index (χ1v) is 13.6. The molecule has 0 radical (unpaired) electrons. The summed E-state index contributed by atoms with van der Waals surface area (Å²) in [6, 6.07) is 8.12. The summed E-state index contributed by atoms with van der Waals surface area (Å²) in [7, 11) is 0. The summed E-state index contributed by atoms with van der Waals surface area (Å²) in [6.07, 6.45) is 12.1. The Bertz CT molecular complexity index is 1660. The fourth-order valence-corrected chi connectivity index (χ4v) is 4.57. The van der Waals surface area contributed by atoms with Gasteiger partial charge in [0, 0.05) is 34.9 Å². The third-order valence-corrected chi connectivity index (χ3v) is 6.23. The molecule has 5 aromatic rings. The van der Waals surface area contributed by atoms with E-state index in [0.717, 1.165) is 74.1 Å². The van der Waals surface area contributed by atoms with Gasteiger partial charge in [0.1, 0.15) is 11.2 Å². The van der Waals surface area contributed by atoms with Crippen molar-refractivity contribution in [3.8, 4) is 22.6 Å². The van der Waals surface area contributed by atoms with Crippen molar-refractivity contribution in [2.24, 2.45) is 5.92 Å². The normalized spacial score (nSPS) is 11.4. The van der Waals surface area contributed by atoms with E-state index < -0.39 is 0 Å². The predicted octanol–water partition coefficient (Wildman–Crippen LogP) is 7.90. The zero-order chi connectivity index (χ0) is 28.8. The molecule has 5 heterocycles. The van der Waals surface area contributed by atoms with E-state index in [1.54, 1.807) is 12.3 Å². The first kappa shape index (κ1) is 28.3. The summed E-state index contributed by atoms with van der Waals surface area (Å²) in [4.78, 5) is 17.3. The van der Waals surface area contributed by atoms with Gasteiger partial charge in [-0.1, -0.05) is 46.9 Å². The number of aromatic nitrogens is 7. The molecule has 206 valence electrons. The smallest absolute Gasteiger partial charge is 0.135 e. The Labute approximate surface area is 236 Å². The molecule has 0 saturated carbocycles. The number of H-pyrrole nitrogens is 2. The second-order valence-corrected chi connectivity index (χ2v) is 9.89.